The van der Waals surface area contributed by atoms with E-state index in [1.165, 1.54) is 0 Å². The Kier molecular flexibility index (Phi) is 14.9. The van der Waals surface area contributed by atoms with Crippen LogP contribution in [0.15, 0.2) is 0 Å². The summed E-state index contributed by atoms with van der Waals surface area (Å²) in [6.07, 6.45) is 0. The highest BCUT2D eigenvalue weighted by molar-refractivity contribution is 9.43. The lowest BCUT2D eigenvalue weighted by atomic mass is 10.1. The van der Waals surface area contributed by atoms with Crippen LogP contribution in [0.2, 0.25) is 0 Å². The Labute approximate surface area is 303 Å². The molecule has 0 aliphatic heterocycles. The summed E-state index contributed by atoms with van der Waals surface area (Å²) < 4.78 is -7.03. The fourth-order valence-corrected chi connectivity index (χ4v) is 16.3. The van der Waals surface area contributed by atoms with Gasteiger partial charge in [0.1, 0.15) is 19.4 Å². The monoisotopic (exact) mass is 1520 g/mol. The largest absolute Gasteiger partial charge is 0.162 e. The van der Waals surface area contributed by atoms with Gasteiger partial charge in [-0.15, -0.1) is 0 Å². The molecule has 0 spiro atoms. The van der Waals surface area contributed by atoms with Crippen LogP contribution < -0.4 is 0 Å². The number of hydrogen-bond donors (Lipinski definition) is 0. The smallest absolute Gasteiger partial charge is 0.0675 e. The molecule has 0 bridgehead atoms. The minimum Gasteiger partial charge on any atom is -0.0675 e. The molecule has 0 N–H and O–H groups in total. The van der Waals surface area contributed by atoms with Crippen LogP contribution in [-0.2, 0) is 0 Å². The zero-order chi connectivity index (χ0) is 22.0. The highest BCUT2D eigenvalue weighted by Crippen LogP contribution is 2.78. The number of rotatable bonds is 5. The molecule has 0 rings (SSSR count). The Morgan fingerprint density at radius 3 is 0.423 bits per heavy atom. The lowest BCUT2D eigenvalue weighted by Gasteiger charge is -2.57. The molecule has 0 aliphatic carbocycles. The van der Waals surface area contributed by atoms with Crippen molar-refractivity contribution in [3.63, 3.8) is 0 Å². The molecule has 0 aliphatic rings. The van der Waals surface area contributed by atoms with Crippen LogP contribution in [0.25, 0.3) is 0 Å². The molecular formula is C8Br18. The van der Waals surface area contributed by atoms with Crippen molar-refractivity contribution >= 4 is 287 Å². The number of halogens is 18. The first kappa shape index (κ1) is 34.6. The van der Waals surface area contributed by atoms with Crippen LogP contribution in [0.1, 0.15) is 0 Å². The third kappa shape index (κ3) is 6.37. The molecular weight excluding hydrogens is 1530 g/mol. The zero-order valence-electron chi connectivity index (χ0n) is 10.8. The van der Waals surface area contributed by atoms with Crippen molar-refractivity contribution in [3.8, 4) is 0 Å². The molecule has 158 valence electrons. The van der Waals surface area contributed by atoms with Crippen LogP contribution in [-0.4, -0.2) is 23.7 Å². The van der Waals surface area contributed by atoms with E-state index >= 15 is 0 Å². The van der Waals surface area contributed by atoms with Gasteiger partial charge >= 0.3 is 0 Å². The SMILES string of the molecule is BrC(Br)(Br)C(Br)(Br)C(Br)(Br)C(Br)(Br)C(Br)(Br)C(Br)(Br)C(Br)(Br)C(Br)(Br)Br. The maximum atomic E-state index is 3.81. The van der Waals surface area contributed by atoms with Crippen LogP contribution in [0, 0.1) is 0 Å². The molecule has 0 amide bonds. The molecule has 0 aromatic rings. The first-order valence-electron chi connectivity index (χ1n) is 5.15. The van der Waals surface area contributed by atoms with Gasteiger partial charge in [-0.2, -0.15) is 0 Å². The molecule has 0 nitrogen and oxygen atoms in total. The molecule has 0 atom stereocenters. The summed E-state index contributed by atoms with van der Waals surface area (Å²) >= 11 is 66.5. The predicted molar refractivity (Wildman–Crippen MR) is 183 cm³/mol. The van der Waals surface area contributed by atoms with Crippen LogP contribution in [0.3, 0.4) is 0 Å². The van der Waals surface area contributed by atoms with Gasteiger partial charge in [-0.25, -0.2) is 0 Å². The van der Waals surface area contributed by atoms with Gasteiger partial charge < -0.3 is 0 Å². The second-order valence-corrected chi connectivity index (χ2v) is 38.6. The van der Waals surface area contributed by atoms with E-state index in [0.29, 0.717) is 0 Å². The van der Waals surface area contributed by atoms with E-state index < -0.39 is 23.7 Å². The van der Waals surface area contributed by atoms with Crippen LogP contribution in [0.4, 0.5) is 0 Å². The molecule has 0 radical (unpaired) electrons. The van der Waals surface area contributed by atoms with Gasteiger partial charge in [-0.3, -0.25) is 0 Å². The second-order valence-electron chi connectivity index (χ2n) is 4.44. The van der Waals surface area contributed by atoms with Gasteiger partial charge in [-0.05, 0) is 0 Å². The molecule has 26 heavy (non-hydrogen) atoms. The Balaban J connectivity index is 6.61. The summed E-state index contributed by atoms with van der Waals surface area (Å²) in [4.78, 5) is 0. The molecule has 0 fully saturated rings. The second kappa shape index (κ2) is 11.2. The zero-order valence-corrected chi connectivity index (χ0v) is 39.4. The van der Waals surface area contributed by atoms with Crippen molar-refractivity contribution in [2.75, 3.05) is 0 Å². The van der Waals surface area contributed by atoms with E-state index in [0.717, 1.165) is 0 Å². The Hall–Kier alpha value is 8.64. The third-order valence-corrected chi connectivity index (χ3v) is 37.6. The van der Waals surface area contributed by atoms with Crippen molar-refractivity contribution in [3.05, 3.63) is 0 Å². The van der Waals surface area contributed by atoms with Crippen LogP contribution in [0.5, 0.6) is 0 Å². The highest BCUT2D eigenvalue weighted by Gasteiger charge is 2.77. The van der Waals surface area contributed by atoms with E-state index in [9.17, 15) is 0 Å². The molecule has 18 heteroatoms. The van der Waals surface area contributed by atoms with Crippen molar-refractivity contribution < 1.29 is 0 Å². The highest BCUT2D eigenvalue weighted by atomic mass is 80.0. The molecule has 0 saturated heterocycles. The quantitative estimate of drug-likeness (QED) is 0.241. The van der Waals surface area contributed by atoms with Gasteiger partial charge in [-0.1, -0.05) is 287 Å². The number of alkyl halides is 18. The van der Waals surface area contributed by atoms with E-state index in [1.54, 1.807) is 0 Å². The average Bonchev–Trinajstić information content (AvgIpc) is 2.34. The van der Waals surface area contributed by atoms with Gasteiger partial charge in [0.15, 0.2) is 4.29 Å². The van der Waals surface area contributed by atoms with E-state index in [2.05, 4.69) is 287 Å². The maximum Gasteiger partial charge on any atom is 0.162 e. The maximum absolute atomic E-state index is 3.81. The molecule has 0 aromatic heterocycles. The third-order valence-electron chi connectivity index (χ3n) is 2.68. The van der Waals surface area contributed by atoms with Crippen molar-refractivity contribution in [1.82, 2.24) is 0 Å². The van der Waals surface area contributed by atoms with Gasteiger partial charge in [0, 0.05) is 0 Å². The molecule has 0 unspecified atom stereocenters. The van der Waals surface area contributed by atoms with Gasteiger partial charge in [0.05, 0.1) is 0 Å². The Morgan fingerprint density at radius 2 is 0.308 bits per heavy atom. The number of hydrogen-bond acceptors (Lipinski definition) is 0. The van der Waals surface area contributed by atoms with E-state index in [4.69, 9.17) is 0 Å². The van der Waals surface area contributed by atoms with Crippen molar-refractivity contribution in [1.29, 1.82) is 0 Å². The molecule has 0 saturated carbocycles. The lowest BCUT2D eigenvalue weighted by Crippen LogP contribution is -2.67. The fourth-order valence-electron chi connectivity index (χ4n) is 1.14. The lowest BCUT2D eigenvalue weighted by molar-refractivity contribution is 0.606. The summed E-state index contributed by atoms with van der Waals surface area (Å²) in [5.41, 5.74) is 0. The van der Waals surface area contributed by atoms with Crippen molar-refractivity contribution in [2.45, 2.75) is 23.7 Å². The summed E-state index contributed by atoms with van der Waals surface area (Å²) in [6, 6.07) is 0. The summed E-state index contributed by atoms with van der Waals surface area (Å²) in [5.74, 6) is 0. The van der Waals surface area contributed by atoms with E-state index in [-0.39, 0.29) is 0 Å². The minimum absolute atomic E-state index is 0.763. The first-order valence-corrected chi connectivity index (χ1v) is 19.4. The van der Waals surface area contributed by atoms with Crippen LogP contribution >= 0.6 is 287 Å². The Bertz CT molecular complexity index is 468. The summed E-state index contributed by atoms with van der Waals surface area (Å²) in [5, 5.41) is 0. The molecule has 0 heterocycles. The Morgan fingerprint density at radius 1 is 0.192 bits per heavy atom. The predicted octanol–water partition coefficient (Wildman–Crippen LogP) is 13.6. The fraction of sp³-hybridized carbons (Fsp3) is 1.00. The normalized spacial score (nSPS) is 16.8. The standard InChI is InChI=1S/C8Br18/c9-1(10,3(13,14)5(17,18)7(21,22)23)2(11,12)4(15,16)6(19,20)8(24,25)26. The summed E-state index contributed by atoms with van der Waals surface area (Å²) in [7, 11) is 0. The molecule has 0 aromatic carbocycles. The van der Waals surface area contributed by atoms with Gasteiger partial charge in [0.2, 0.25) is 0 Å². The average molecular weight is 1530 g/mol. The van der Waals surface area contributed by atoms with Crippen molar-refractivity contribution in [2.24, 2.45) is 0 Å². The van der Waals surface area contributed by atoms with Gasteiger partial charge in [0.25, 0.3) is 0 Å². The van der Waals surface area contributed by atoms with E-state index in [1.807, 2.05) is 0 Å². The summed E-state index contributed by atoms with van der Waals surface area (Å²) in [6.45, 7) is 0. The minimum atomic E-state index is -0.967. The first-order chi connectivity index (χ1) is 10.8. The topological polar surface area (TPSA) is 0 Å².